The van der Waals surface area contributed by atoms with Gasteiger partial charge in [0.25, 0.3) is 11.6 Å². The van der Waals surface area contributed by atoms with Gasteiger partial charge >= 0.3 is 11.9 Å². The maximum absolute atomic E-state index is 12.2. The van der Waals surface area contributed by atoms with Crippen LogP contribution in [0.25, 0.3) is 0 Å². The topological polar surface area (TPSA) is 125 Å². The SMILES string of the molecule is COC(=O)c1cc(C(=O)OCC(=O)Nc2ccc(C)c(C)c2)cc([N+](=O)[O-])c1. The van der Waals surface area contributed by atoms with E-state index >= 15 is 0 Å². The first-order valence-corrected chi connectivity index (χ1v) is 8.13. The average molecular weight is 386 g/mol. The van der Waals surface area contributed by atoms with E-state index in [0.29, 0.717) is 5.69 Å². The van der Waals surface area contributed by atoms with Crippen LogP contribution in [-0.2, 0) is 14.3 Å². The highest BCUT2D eigenvalue weighted by atomic mass is 16.6. The lowest BCUT2D eigenvalue weighted by atomic mass is 10.1. The standard InChI is InChI=1S/C19H18N2O7/c1-11-4-5-15(6-12(11)2)20-17(22)10-28-19(24)14-7-13(18(23)27-3)8-16(9-14)21(25)26/h4-9H,10H2,1-3H3,(H,20,22). The summed E-state index contributed by atoms with van der Waals surface area (Å²) in [6.07, 6.45) is 0. The largest absolute Gasteiger partial charge is 0.465 e. The quantitative estimate of drug-likeness (QED) is 0.460. The van der Waals surface area contributed by atoms with E-state index in [0.717, 1.165) is 36.4 Å². The molecule has 0 unspecified atom stereocenters. The summed E-state index contributed by atoms with van der Waals surface area (Å²) >= 11 is 0. The maximum Gasteiger partial charge on any atom is 0.338 e. The van der Waals surface area contributed by atoms with Crippen molar-refractivity contribution in [3.63, 3.8) is 0 Å². The molecular weight excluding hydrogens is 368 g/mol. The van der Waals surface area contributed by atoms with Gasteiger partial charge < -0.3 is 14.8 Å². The molecule has 9 nitrogen and oxygen atoms in total. The third kappa shape index (κ3) is 5.13. The molecule has 0 fully saturated rings. The zero-order chi connectivity index (χ0) is 20.8. The van der Waals surface area contributed by atoms with Crippen molar-refractivity contribution in [3.05, 3.63) is 68.8 Å². The highest BCUT2D eigenvalue weighted by Gasteiger charge is 2.20. The normalized spacial score (nSPS) is 10.1. The number of nitrogens with zero attached hydrogens (tertiary/aromatic N) is 1. The van der Waals surface area contributed by atoms with Gasteiger partial charge in [0.2, 0.25) is 0 Å². The second kappa shape index (κ2) is 8.76. The fourth-order valence-electron chi connectivity index (χ4n) is 2.30. The molecular formula is C19H18N2O7. The number of esters is 2. The molecule has 28 heavy (non-hydrogen) atoms. The molecule has 0 saturated heterocycles. The smallest absolute Gasteiger partial charge is 0.338 e. The highest BCUT2D eigenvalue weighted by Crippen LogP contribution is 2.19. The van der Waals surface area contributed by atoms with Crippen molar-refractivity contribution in [3.8, 4) is 0 Å². The van der Waals surface area contributed by atoms with E-state index in [-0.39, 0.29) is 11.1 Å². The van der Waals surface area contributed by atoms with Crippen LogP contribution in [0.2, 0.25) is 0 Å². The molecule has 2 aromatic carbocycles. The molecule has 0 spiro atoms. The van der Waals surface area contributed by atoms with Gasteiger partial charge in [0.05, 0.1) is 23.2 Å². The van der Waals surface area contributed by atoms with E-state index in [1.54, 1.807) is 12.1 Å². The Morgan fingerprint density at radius 1 is 1.00 bits per heavy atom. The fraction of sp³-hybridized carbons (Fsp3) is 0.211. The van der Waals surface area contributed by atoms with E-state index < -0.39 is 35.1 Å². The van der Waals surface area contributed by atoms with Crippen LogP contribution in [-0.4, -0.2) is 36.5 Å². The van der Waals surface area contributed by atoms with Crippen LogP contribution in [0.15, 0.2) is 36.4 Å². The molecule has 9 heteroatoms. The summed E-state index contributed by atoms with van der Waals surface area (Å²) in [6.45, 7) is 3.23. The van der Waals surface area contributed by atoms with Crippen LogP contribution in [0.3, 0.4) is 0 Å². The molecule has 0 aliphatic heterocycles. The lowest BCUT2D eigenvalue weighted by Gasteiger charge is -2.09. The monoisotopic (exact) mass is 386 g/mol. The maximum atomic E-state index is 12.2. The lowest BCUT2D eigenvalue weighted by Crippen LogP contribution is -2.21. The highest BCUT2D eigenvalue weighted by molar-refractivity contribution is 5.98. The number of carbonyl (C=O) groups excluding carboxylic acids is 3. The Morgan fingerprint density at radius 2 is 1.64 bits per heavy atom. The lowest BCUT2D eigenvalue weighted by molar-refractivity contribution is -0.384. The van der Waals surface area contributed by atoms with E-state index in [2.05, 4.69) is 10.1 Å². The van der Waals surface area contributed by atoms with Gasteiger partial charge in [-0.2, -0.15) is 0 Å². The van der Waals surface area contributed by atoms with Crippen molar-refractivity contribution >= 4 is 29.2 Å². The Morgan fingerprint density at radius 3 is 2.21 bits per heavy atom. The van der Waals surface area contributed by atoms with Crippen molar-refractivity contribution < 1.29 is 28.8 Å². The number of hydrogen-bond donors (Lipinski definition) is 1. The van der Waals surface area contributed by atoms with Gasteiger partial charge in [0.15, 0.2) is 6.61 Å². The van der Waals surface area contributed by atoms with Gasteiger partial charge in [-0.1, -0.05) is 6.07 Å². The summed E-state index contributed by atoms with van der Waals surface area (Å²) in [5.41, 5.74) is 1.71. The molecule has 0 heterocycles. The molecule has 0 saturated carbocycles. The minimum absolute atomic E-state index is 0.178. The predicted octanol–water partition coefficient (Wildman–Crippen LogP) is 2.79. The number of carbonyl (C=O) groups is 3. The van der Waals surface area contributed by atoms with E-state index in [9.17, 15) is 24.5 Å². The third-order valence-electron chi connectivity index (χ3n) is 3.91. The molecule has 1 amide bonds. The number of rotatable bonds is 6. The Kier molecular flexibility index (Phi) is 6.43. The van der Waals surface area contributed by atoms with E-state index in [1.165, 1.54) is 0 Å². The van der Waals surface area contributed by atoms with Crippen LogP contribution in [0.1, 0.15) is 31.8 Å². The summed E-state index contributed by atoms with van der Waals surface area (Å²) < 4.78 is 9.40. The second-order valence-electron chi connectivity index (χ2n) is 5.94. The first-order valence-electron chi connectivity index (χ1n) is 8.13. The molecule has 2 rings (SSSR count). The number of ether oxygens (including phenoxy) is 2. The number of amides is 1. The number of benzene rings is 2. The molecule has 146 valence electrons. The number of anilines is 1. The number of nitro benzene ring substituents is 1. The zero-order valence-corrected chi connectivity index (χ0v) is 15.5. The van der Waals surface area contributed by atoms with Crippen molar-refractivity contribution in [1.29, 1.82) is 0 Å². The summed E-state index contributed by atoms with van der Waals surface area (Å²) in [4.78, 5) is 46.0. The van der Waals surface area contributed by atoms with Crippen LogP contribution >= 0.6 is 0 Å². The van der Waals surface area contributed by atoms with Crippen LogP contribution < -0.4 is 5.32 Å². The number of aryl methyl sites for hydroxylation is 2. The molecule has 0 aliphatic rings. The Bertz CT molecular complexity index is 953. The van der Waals surface area contributed by atoms with E-state index in [1.807, 2.05) is 19.9 Å². The minimum Gasteiger partial charge on any atom is -0.465 e. The van der Waals surface area contributed by atoms with Crippen LogP contribution in [0.4, 0.5) is 11.4 Å². The minimum atomic E-state index is -0.982. The van der Waals surface area contributed by atoms with Gasteiger partial charge in [-0.25, -0.2) is 9.59 Å². The Balaban J connectivity index is 2.08. The second-order valence-corrected chi connectivity index (χ2v) is 5.94. The third-order valence-corrected chi connectivity index (χ3v) is 3.91. The van der Waals surface area contributed by atoms with Crippen molar-refractivity contribution in [2.45, 2.75) is 13.8 Å². The van der Waals surface area contributed by atoms with Gasteiger partial charge in [-0.3, -0.25) is 14.9 Å². The van der Waals surface area contributed by atoms with Crippen LogP contribution in [0.5, 0.6) is 0 Å². The van der Waals surface area contributed by atoms with Gasteiger partial charge in [0.1, 0.15) is 0 Å². The van der Waals surface area contributed by atoms with Crippen molar-refractivity contribution in [1.82, 2.24) is 0 Å². The molecule has 1 N–H and O–H groups in total. The summed E-state index contributed by atoms with van der Waals surface area (Å²) in [5, 5.41) is 13.6. The molecule has 0 aromatic heterocycles. The van der Waals surface area contributed by atoms with Crippen molar-refractivity contribution in [2.75, 3.05) is 19.0 Å². The van der Waals surface area contributed by atoms with Crippen LogP contribution in [0, 0.1) is 24.0 Å². The summed E-state index contributed by atoms with van der Waals surface area (Å²) in [6, 6.07) is 8.37. The van der Waals surface area contributed by atoms with Gasteiger partial charge in [-0.15, -0.1) is 0 Å². The number of methoxy groups -OCH3 is 1. The summed E-state index contributed by atoms with van der Waals surface area (Å²) in [5.74, 6) is -2.40. The van der Waals surface area contributed by atoms with Gasteiger partial charge in [0, 0.05) is 17.8 Å². The Labute approximate surface area is 160 Å². The number of nitro groups is 1. The molecule has 0 bridgehead atoms. The first-order chi connectivity index (χ1) is 13.2. The number of hydrogen-bond acceptors (Lipinski definition) is 7. The zero-order valence-electron chi connectivity index (χ0n) is 15.5. The predicted molar refractivity (Wildman–Crippen MR) is 99.3 cm³/mol. The average Bonchev–Trinajstić information content (AvgIpc) is 2.67. The van der Waals surface area contributed by atoms with E-state index in [4.69, 9.17) is 4.74 Å². The number of non-ortho nitro benzene ring substituents is 1. The molecule has 0 radical (unpaired) electrons. The summed E-state index contributed by atoms with van der Waals surface area (Å²) in [7, 11) is 1.11. The fourth-order valence-corrected chi connectivity index (χ4v) is 2.30. The van der Waals surface area contributed by atoms with Crippen molar-refractivity contribution in [2.24, 2.45) is 0 Å². The Hall–Kier alpha value is -3.75. The molecule has 2 aromatic rings. The number of nitrogens with one attached hydrogen (secondary N) is 1. The first kappa shape index (κ1) is 20.6. The molecule has 0 aliphatic carbocycles. The molecule has 0 atom stereocenters. The van der Waals surface area contributed by atoms with Gasteiger partial charge in [-0.05, 0) is 43.2 Å².